The van der Waals surface area contributed by atoms with E-state index in [1.807, 2.05) is 0 Å². The lowest BCUT2D eigenvalue weighted by molar-refractivity contribution is -0.356. The molecule has 4 aliphatic heterocycles. The quantitative estimate of drug-likeness (QED) is 0.0598. The van der Waals surface area contributed by atoms with Gasteiger partial charge in [0.2, 0.25) is 12.4 Å². The van der Waals surface area contributed by atoms with Gasteiger partial charge in [0.25, 0.3) is 0 Å². The Hall–Kier alpha value is -9.42. The van der Waals surface area contributed by atoms with Crippen LogP contribution in [0.4, 0.5) is 0 Å². The van der Waals surface area contributed by atoms with Gasteiger partial charge in [0.1, 0.15) is 43.7 Å². The molecule has 0 aliphatic carbocycles. The summed E-state index contributed by atoms with van der Waals surface area (Å²) >= 11 is 0. The summed E-state index contributed by atoms with van der Waals surface area (Å²) in [6.07, 6.45) is -30.5. The van der Waals surface area contributed by atoms with E-state index in [1.54, 1.807) is 0 Å². The lowest BCUT2D eigenvalue weighted by Crippen LogP contribution is -2.67. The number of esters is 14. The minimum absolute atomic E-state index is 0.115. The molecule has 4 saturated heterocycles. The first-order chi connectivity index (χ1) is 47.5. The number of hydrogen-bond acceptors (Lipinski definition) is 39. The lowest BCUT2D eigenvalue weighted by atomic mass is 9.95. The van der Waals surface area contributed by atoms with Crippen LogP contribution in [0.1, 0.15) is 108 Å². The second-order valence-corrected chi connectivity index (χ2v) is 22.9. The van der Waals surface area contributed by atoms with E-state index in [4.69, 9.17) is 99.5 Å². The largest absolute Gasteiger partial charge is 0.463 e. The van der Waals surface area contributed by atoms with Gasteiger partial charge in [0.15, 0.2) is 79.9 Å². The number of ether oxygens (including phenoxy) is 21. The third-order valence-electron chi connectivity index (χ3n) is 14.3. The fourth-order valence-electron chi connectivity index (χ4n) is 11.0. The van der Waals surface area contributed by atoms with Gasteiger partial charge < -0.3 is 99.5 Å². The number of carbonyl (C=O) groups is 14. The topological polar surface area (TPSA) is 494 Å². The maximum Gasteiger partial charge on any atom is 0.305 e. The van der Waals surface area contributed by atoms with Crippen LogP contribution in [0.5, 0.6) is 0 Å². The van der Waals surface area contributed by atoms with E-state index < -0.39 is 233 Å². The summed E-state index contributed by atoms with van der Waals surface area (Å²) in [6.45, 7) is 11.7. The van der Waals surface area contributed by atoms with Crippen LogP contribution in [0.3, 0.4) is 0 Å². The Morgan fingerprint density at radius 3 is 0.891 bits per heavy atom. The van der Waals surface area contributed by atoms with Crippen molar-refractivity contribution in [1.82, 2.24) is 30.0 Å². The molecular formula is C60H80N6O35. The van der Waals surface area contributed by atoms with Crippen LogP contribution in [0.25, 0.3) is 0 Å². The van der Waals surface area contributed by atoms with Gasteiger partial charge >= 0.3 is 83.6 Å². The molecule has 4 aliphatic rings. The zero-order valence-corrected chi connectivity index (χ0v) is 57.3. The Balaban J connectivity index is 1.33. The second kappa shape index (κ2) is 37.3. The second-order valence-electron chi connectivity index (χ2n) is 22.9. The van der Waals surface area contributed by atoms with Crippen LogP contribution in [-0.2, 0) is 193 Å². The van der Waals surface area contributed by atoms with Gasteiger partial charge in [-0.05, 0) is 0 Å². The van der Waals surface area contributed by atoms with Crippen molar-refractivity contribution in [2.75, 3.05) is 26.4 Å². The SMILES string of the molecule is CC(=O)OC[C@H]1O[C@H](OCCc2cn(C[C@H]3O[C@H](O[C@H]4[C@H](OC(C)=O)[C@@H](OC(C)=O)C(OC(C)=O)O[C@@H]4Cn4cc(CCO[C@H]5O[C@H](COC(C)=O)[C@@H](OC(C)=O)[C@H](OC(C)=O)[C@@H]5OC(C)=O)nn4)[C@H](OC(C)=O)[C@@H](OC(C)=O)[C@@H]3OC(C)=O)nn2)[C@@H](OC(C)=O)[C@@H](OC(C)=O)[C@@H]1OC(C)=O. The molecule has 0 amide bonds. The van der Waals surface area contributed by atoms with E-state index in [9.17, 15) is 67.1 Å². The van der Waals surface area contributed by atoms with E-state index in [0.29, 0.717) is 0 Å². The predicted octanol–water partition coefficient (Wildman–Crippen LogP) is -2.09. The third-order valence-corrected chi connectivity index (χ3v) is 14.3. The molecule has 2 aromatic rings. The first-order valence-electron chi connectivity index (χ1n) is 31.2. The van der Waals surface area contributed by atoms with Gasteiger partial charge in [-0.1, -0.05) is 10.4 Å². The van der Waals surface area contributed by atoms with Crippen molar-refractivity contribution in [2.24, 2.45) is 0 Å². The highest BCUT2D eigenvalue weighted by molar-refractivity contribution is 5.72. The summed E-state index contributed by atoms with van der Waals surface area (Å²) in [7, 11) is 0. The molecule has 1 unspecified atom stereocenters. The van der Waals surface area contributed by atoms with E-state index in [0.717, 1.165) is 96.9 Å². The van der Waals surface area contributed by atoms with Crippen molar-refractivity contribution in [3.05, 3.63) is 23.8 Å². The summed E-state index contributed by atoms with van der Waals surface area (Å²) in [5.41, 5.74) is 0.337. The molecule has 0 aromatic carbocycles. The fraction of sp³-hybridized carbons (Fsp3) is 0.700. The molecule has 6 heterocycles. The van der Waals surface area contributed by atoms with Crippen molar-refractivity contribution in [3.63, 3.8) is 0 Å². The van der Waals surface area contributed by atoms with Crippen LogP contribution in [0.15, 0.2) is 12.4 Å². The van der Waals surface area contributed by atoms with Crippen molar-refractivity contribution in [3.8, 4) is 0 Å². The molecule has 6 rings (SSSR count). The van der Waals surface area contributed by atoms with Crippen LogP contribution >= 0.6 is 0 Å². The Morgan fingerprint density at radius 1 is 0.307 bits per heavy atom. The van der Waals surface area contributed by atoms with E-state index in [-0.39, 0.29) is 37.4 Å². The average molecular weight is 1450 g/mol. The molecule has 0 saturated carbocycles. The highest BCUT2D eigenvalue weighted by Gasteiger charge is 2.59. The molecule has 0 bridgehead atoms. The Morgan fingerprint density at radius 2 is 0.564 bits per heavy atom. The van der Waals surface area contributed by atoms with Crippen LogP contribution < -0.4 is 0 Å². The van der Waals surface area contributed by atoms with Gasteiger partial charge in [-0.25, -0.2) is 9.36 Å². The molecule has 0 N–H and O–H groups in total. The number of rotatable bonds is 30. The minimum atomic E-state index is -2.02. The van der Waals surface area contributed by atoms with Crippen LogP contribution in [0.2, 0.25) is 0 Å². The molecule has 41 nitrogen and oxygen atoms in total. The maximum absolute atomic E-state index is 13.2. The van der Waals surface area contributed by atoms with Gasteiger partial charge in [-0.2, -0.15) is 0 Å². The molecule has 560 valence electrons. The molecule has 20 atom stereocenters. The van der Waals surface area contributed by atoms with Crippen LogP contribution in [0, 0.1) is 0 Å². The molecule has 0 spiro atoms. The standard InChI is InChI=1S/C60H80N6O35/c1-25(67)83-23-43-47(86-28(4)70)51(90-32(8)74)53(92-34(10)76)57(99-43)81-17-15-39-19-65(63-61-39)21-41-45(85-27(3)69)49(88-30(6)72)56(95-37(13)79)60(98-41)101-46-42(97-59(96-38(14)80)55(94-36(12)78)50(46)89-31(7)73)22-66-20-40(62-64-66)16-18-82-58-54(93-35(11)77)52(91-33(9)75)48(87-29(5)71)44(100-58)24-84-26(2)68/h19-20,41-60H,15-18,21-24H2,1-14H3/t41-,42-,43-,44-,45-,46-,47-,48-,49+,50+,51+,52+,53+,54+,55-,56-,57+,58+,59?,60-/m1/s1. The maximum atomic E-state index is 13.2. The van der Waals surface area contributed by atoms with Gasteiger partial charge in [-0.3, -0.25) is 67.1 Å². The van der Waals surface area contributed by atoms with Crippen molar-refractivity contribution < 1.29 is 167 Å². The highest BCUT2D eigenvalue weighted by atomic mass is 16.8. The summed E-state index contributed by atoms with van der Waals surface area (Å²) in [5.74, 6) is -12.8. The smallest absolute Gasteiger partial charge is 0.305 e. The Labute approximate surface area is 574 Å². The lowest BCUT2D eigenvalue weighted by Gasteiger charge is -2.48. The third kappa shape index (κ3) is 24.4. The summed E-state index contributed by atoms with van der Waals surface area (Å²) < 4.78 is 123. The predicted molar refractivity (Wildman–Crippen MR) is 315 cm³/mol. The van der Waals surface area contributed by atoms with Crippen molar-refractivity contribution in [2.45, 2.75) is 246 Å². The number of nitrogens with zero attached hydrogens (tertiary/aromatic N) is 6. The van der Waals surface area contributed by atoms with Gasteiger partial charge in [0, 0.05) is 122 Å². The minimum Gasteiger partial charge on any atom is -0.463 e. The molecule has 41 heteroatoms. The van der Waals surface area contributed by atoms with E-state index >= 15 is 0 Å². The van der Waals surface area contributed by atoms with Gasteiger partial charge in [0.05, 0.1) is 37.7 Å². The molecule has 101 heavy (non-hydrogen) atoms. The first kappa shape index (κ1) is 80.6. The molecular weight excluding hydrogens is 1360 g/mol. The monoisotopic (exact) mass is 1440 g/mol. The molecule has 2 aromatic heterocycles. The average Bonchev–Trinajstić information content (AvgIpc) is 1.47. The van der Waals surface area contributed by atoms with Crippen LogP contribution in [-0.4, -0.2) is 263 Å². The van der Waals surface area contributed by atoms with Gasteiger partial charge in [-0.15, -0.1) is 10.2 Å². The summed E-state index contributed by atoms with van der Waals surface area (Å²) in [4.78, 5) is 176. The number of aromatic nitrogens is 6. The van der Waals surface area contributed by atoms with Crippen molar-refractivity contribution >= 4 is 83.6 Å². The fourth-order valence-corrected chi connectivity index (χ4v) is 11.0. The molecule has 4 fully saturated rings. The Kier molecular flexibility index (Phi) is 29.8. The zero-order chi connectivity index (χ0) is 74.7. The van der Waals surface area contributed by atoms with Crippen molar-refractivity contribution in [1.29, 1.82) is 0 Å². The number of carbonyl (C=O) groups excluding carboxylic acids is 14. The number of hydrogen-bond donors (Lipinski definition) is 0. The Bertz CT molecular complexity index is 3300. The van der Waals surface area contributed by atoms with E-state index in [2.05, 4.69) is 20.6 Å². The summed E-state index contributed by atoms with van der Waals surface area (Å²) in [5, 5.41) is 16.8. The van der Waals surface area contributed by atoms with E-state index in [1.165, 1.54) is 21.8 Å². The molecule has 0 radical (unpaired) electrons. The summed E-state index contributed by atoms with van der Waals surface area (Å²) in [6, 6.07) is 0. The first-order valence-corrected chi connectivity index (χ1v) is 31.2. The zero-order valence-electron chi connectivity index (χ0n) is 57.3. The normalized spacial score (nSPS) is 29.1. The highest BCUT2D eigenvalue weighted by Crippen LogP contribution is 2.38.